The van der Waals surface area contributed by atoms with E-state index in [1.54, 1.807) is 13.0 Å². The molecule has 0 bridgehead atoms. The number of esters is 1. The molecule has 0 radical (unpaired) electrons. The Morgan fingerprint density at radius 1 is 1.29 bits per heavy atom. The van der Waals surface area contributed by atoms with Gasteiger partial charge in [-0.05, 0) is 19.4 Å². The van der Waals surface area contributed by atoms with Gasteiger partial charge >= 0.3 is 12.3 Å². The molecule has 0 spiro atoms. The van der Waals surface area contributed by atoms with Crippen LogP contribution in [-0.4, -0.2) is 12.3 Å². The van der Waals surface area contributed by atoms with Crippen LogP contribution in [0.5, 0.6) is 0 Å². The molecule has 0 aromatic rings. The molecule has 0 fully saturated rings. The lowest BCUT2D eigenvalue weighted by Gasteiger charge is -2.08. The predicted molar refractivity (Wildman–Crippen MR) is 61.2 cm³/mol. The average Bonchev–Trinajstić information content (AvgIpc) is 2.19. The van der Waals surface area contributed by atoms with Crippen LogP contribution in [0.25, 0.3) is 0 Å². The molecule has 0 N–H and O–H groups in total. The van der Waals surface area contributed by atoms with Crippen molar-refractivity contribution in [3.63, 3.8) is 0 Å². The second-order valence-electron chi connectivity index (χ2n) is 2.64. The zero-order valence-corrected chi connectivity index (χ0v) is 10.4. The number of hydrogen-bond donors (Lipinski definition) is 0. The summed E-state index contributed by atoms with van der Waals surface area (Å²) in [7, 11) is 0. The molecule has 0 atom stereocenters. The van der Waals surface area contributed by atoms with Crippen LogP contribution in [0.3, 0.4) is 0 Å². The molecule has 0 aromatic carbocycles. The molecule has 0 saturated carbocycles. The monoisotopic (exact) mass is 250 g/mol. The standard InChI is InChI=1S/C10H11F3O2.C2H6/c1-4-6-7(3)8(5-2)9(14)15-10(11,12)13;1-2/h4-6H,2H2,1,3H3;1-2H3/b6-4-,8-7+;. The third kappa shape index (κ3) is 8.30. The van der Waals surface area contributed by atoms with Gasteiger partial charge in [-0.1, -0.05) is 38.7 Å². The van der Waals surface area contributed by atoms with Gasteiger partial charge in [0.2, 0.25) is 0 Å². The highest BCUT2D eigenvalue weighted by Crippen LogP contribution is 2.20. The van der Waals surface area contributed by atoms with E-state index in [1.165, 1.54) is 13.0 Å². The Kier molecular flexibility index (Phi) is 9.05. The van der Waals surface area contributed by atoms with E-state index in [9.17, 15) is 18.0 Å². The number of halogens is 3. The Morgan fingerprint density at radius 2 is 1.76 bits per heavy atom. The largest absolute Gasteiger partial charge is 0.575 e. The van der Waals surface area contributed by atoms with Crippen LogP contribution in [0.2, 0.25) is 0 Å². The molecule has 0 amide bonds. The summed E-state index contributed by atoms with van der Waals surface area (Å²) in [6, 6.07) is 0. The van der Waals surface area contributed by atoms with E-state index in [0.29, 0.717) is 5.57 Å². The number of allylic oxidation sites excluding steroid dienone is 3. The first-order chi connectivity index (χ1) is 7.81. The maximum absolute atomic E-state index is 11.7. The van der Waals surface area contributed by atoms with Gasteiger partial charge in [-0.25, -0.2) is 4.79 Å². The van der Waals surface area contributed by atoms with Gasteiger partial charge < -0.3 is 4.74 Å². The summed E-state index contributed by atoms with van der Waals surface area (Å²) in [4.78, 5) is 11.0. The molecule has 0 heterocycles. The van der Waals surface area contributed by atoms with Crippen molar-refractivity contribution in [1.29, 1.82) is 0 Å². The van der Waals surface area contributed by atoms with Crippen molar-refractivity contribution in [2.24, 2.45) is 0 Å². The summed E-state index contributed by atoms with van der Waals surface area (Å²) in [6.07, 6.45) is -0.848. The minimum Gasteiger partial charge on any atom is -0.369 e. The van der Waals surface area contributed by atoms with Crippen molar-refractivity contribution in [3.8, 4) is 0 Å². The Bertz CT molecular complexity index is 312. The third-order valence-electron chi connectivity index (χ3n) is 1.47. The molecule has 98 valence electrons. The van der Waals surface area contributed by atoms with Crippen molar-refractivity contribution < 1.29 is 22.7 Å². The maximum Gasteiger partial charge on any atom is 0.575 e. The van der Waals surface area contributed by atoms with Crippen LogP contribution in [0, 0.1) is 0 Å². The predicted octanol–water partition coefficient (Wildman–Crippen LogP) is 4.15. The average molecular weight is 250 g/mol. The fourth-order valence-electron chi connectivity index (χ4n) is 0.905. The number of carbonyl (C=O) groups is 1. The number of ether oxygens (including phenoxy) is 1. The summed E-state index contributed by atoms with van der Waals surface area (Å²) >= 11 is 0. The fraction of sp³-hybridized carbons (Fsp3) is 0.417. The second kappa shape index (κ2) is 8.61. The topological polar surface area (TPSA) is 26.3 Å². The number of carbonyl (C=O) groups excluding carboxylic acids is 1. The highest BCUT2D eigenvalue weighted by molar-refractivity contribution is 5.92. The molecular formula is C12H17F3O2. The molecule has 5 heteroatoms. The normalized spacial score (nSPS) is 12.4. The Morgan fingerprint density at radius 3 is 2.06 bits per heavy atom. The van der Waals surface area contributed by atoms with E-state index in [0.717, 1.165) is 6.08 Å². The van der Waals surface area contributed by atoms with Gasteiger partial charge in [-0.3, -0.25) is 0 Å². The molecule has 0 rings (SSSR count). The molecular weight excluding hydrogens is 233 g/mol. The van der Waals surface area contributed by atoms with Gasteiger partial charge in [-0.2, -0.15) is 0 Å². The third-order valence-corrected chi connectivity index (χ3v) is 1.47. The zero-order chi connectivity index (χ0) is 14.1. The van der Waals surface area contributed by atoms with E-state index in [4.69, 9.17) is 0 Å². The van der Waals surface area contributed by atoms with Crippen LogP contribution in [0.1, 0.15) is 27.7 Å². The quantitative estimate of drug-likeness (QED) is 0.427. The van der Waals surface area contributed by atoms with Crippen LogP contribution in [0.4, 0.5) is 13.2 Å². The van der Waals surface area contributed by atoms with Crippen LogP contribution >= 0.6 is 0 Å². The molecule has 0 unspecified atom stereocenters. The molecule has 2 nitrogen and oxygen atoms in total. The summed E-state index contributed by atoms with van der Waals surface area (Å²) < 4.78 is 38.5. The van der Waals surface area contributed by atoms with E-state index in [-0.39, 0.29) is 5.57 Å². The molecule has 0 saturated heterocycles. The summed E-state index contributed by atoms with van der Waals surface area (Å²) in [5.41, 5.74) is 0.159. The van der Waals surface area contributed by atoms with Crippen molar-refractivity contribution in [1.82, 2.24) is 0 Å². The number of rotatable bonds is 3. The minimum atomic E-state index is -4.97. The van der Waals surface area contributed by atoms with Crippen molar-refractivity contribution in [2.45, 2.75) is 34.1 Å². The summed E-state index contributed by atoms with van der Waals surface area (Å²) in [6.45, 7) is 10.4. The van der Waals surface area contributed by atoms with Crippen LogP contribution < -0.4 is 0 Å². The van der Waals surface area contributed by atoms with Gasteiger partial charge in [0, 0.05) is 0 Å². The smallest absolute Gasteiger partial charge is 0.369 e. The van der Waals surface area contributed by atoms with Gasteiger partial charge in [0.05, 0.1) is 5.57 Å². The van der Waals surface area contributed by atoms with E-state index in [2.05, 4.69) is 11.3 Å². The Hall–Kier alpha value is -1.52. The van der Waals surface area contributed by atoms with Crippen LogP contribution in [0.15, 0.2) is 36.0 Å². The molecule has 0 aliphatic rings. The van der Waals surface area contributed by atoms with Gasteiger partial charge in [-0.15, -0.1) is 13.2 Å². The summed E-state index contributed by atoms with van der Waals surface area (Å²) in [5, 5.41) is 0. The molecule has 0 aromatic heterocycles. The first kappa shape index (κ1) is 17.9. The fourth-order valence-corrected chi connectivity index (χ4v) is 0.905. The van der Waals surface area contributed by atoms with Gasteiger partial charge in [0.25, 0.3) is 0 Å². The van der Waals surface area contributed by atoms with Gasteiger partial charge in [0.15, 0.2) is 0 Å². The van der Waals surface area contributed by atoms with Crippen LogP contribution in [-0.2, 0) is 9.53 Å². The Labute approximate surface area is 99.5 Å². The highest BCUT2D eigenvalue weighted by Gasteiger charge is 2.34. The second-order valence-corrected chi connectivity index (χ2v) is 2.64. The molecule has 17 heavy (non-hydrogen) atoms. The molecule has 0 aliphatic carbocycles. The number of alkyl halides is 3. The first-order valence-electron chi connectivity index (χ1n) is 5.08. The SMILES string of the molecule is C=C/C(C(=O)OC(F)(F)F)=C(C)\C=C/C.CC. The van der Waals surface area contributed by atoms with Gasteiger partial charge in [0.1, 0.15) is 0 Å². The lowest BCUT2D eigenvalue weighted by molar-refractivity contribution is -0.303. The van der Waals surface area contributed by atoms with Crippen molar-refractivity contribution in [3.05, 3.63) is 36.0 Å². The highest BCUT2D eigenvalue weighted by atomic mass is 19.4. The van der Waals surface area contributed by atoms with Crippen molar-refractivity contribution in [2.75, 3.05) is 0 Å². The minimum absolute atomic E-state index is 0.203. The zero-order valence-electron chi connectivity index (χ0n) is 10.4. The molecule has 0 aliphatic heterocycles. The van der Waals surface area contributed by atoms with E-state index < -0.39 is 12.3 Å². The van der Waals surface area contributed by atoms with Crippen molar-refractivity contribution >= 4 is 5.97 Å². The summed E-state index contributed by atoms with van der Waals surface area (Å²) in [5.74, 6) is -1.45. The Balaban J connectivity index is 0. The lowest BCUT2D eigenvalue weighted by atomic mass is 10.1. The first-order valence-corrected chi connectivity index (χ1v) is 5.08. The maximum atomic E-state index is 11.7. The van der Waals surface area contributed by atoms with E-state index in [1.807, 2.05) is 13.8 Å². The lowest BCUT2D eigenvalue weighted by Crippen LogP contribution is -2.20. The van der Waals surface area contributed by atoms with E-state index >= 15 is 0 Å². The number of hydrogen-bond acceptors (Lipinski definition) is 2.